The summed E-state index contributed by atoms with van der Waals surface area (Å²) >= 11 is 0. The highest BCUT2D eigenvalue weighted by molar-refractivity contribution is 5.81. The monoisotopic (exact) mass is 651 g/mol. The Balaban J connectivity index is 1.39. The number of nitrogens with zero attached hydrogens (tertiary/aromatic N) is 4. The first-order valence-corrected chi connectivity index (χ1v) is 15.6. The number of fused-ring (bicyclic) bond motifs is 1. The number of benzene rings is 3. The number of Topliss-reactive ketones (excluding diaryl/α,β-unsaturated/α-hetero) is 1. The maximum Gasteiger partial charge on any atom is 0.306 e. The molecule has 48 heavy (non-hydrogen) atoms. The van der Waals surface area contributed by atoms with E-state index in [1.54, 1.807) is 25.1 Å². The molecule has 6 rings (SSSR count). The van der Waals surface area contributed by atoms with Gasteiger partial charge in [0.1, 0.15) is 53.2 Å². The molecule has 1 unspecified atom stereocenters. The number of nitrogen functional groups attached to an aromatic ring is 1. The number of ether oxygens (including phenoxy) is 5. The minimum absolute atomic E-state index is 0.0257. The van der Waals surface area contributed by atoms with E-state index in [0.29, 0.717) is 29.1 Å². The van der Waals surface area contributed by atoms with Crippen LogP contribution in [0.3, 0.4) is 0 Å². The molecule has 2 N–H and O–H groups in total. The van der Waals surface area contributed by atoms with E-state index in [-0.39, 0.29) is 31.0 Å². The summed E-state index contributed by atoms with van der Waals surface area (Å²) in [6.07, 6.45) is 1.29. The number of hydrogen-bond acceptors (Lipinski definition) is 11. The summed E-state index contributed by atoms with van der Waals surface area (Å²) in [6.45, 7) is 1.47. The smallest absolute Gasteiger partial charge is 0.306 e. The highest BCUT2D eigenvalue weighted by atomic mass is 16.6. The minimum atomic E-state index is -1.12. The molecule has 3 heterocycles. The van der Waals surface area contributed by atoms with Crippen molar-refractivity contribution in [3.8, 4) is 11.5 Å². The molecule has 0 spiro atoms. The van der Waals surface area contributed by atoms with Crippen molar-refractivity contribution < 1.29 is 33.3 Å². The topological polar surface area (TPSA) is 150 Å². The Kier molecular flexibility index (Phi) is 9.65. The number of methoxy groups -OCH3 is 2. The number of esters is 1. The lowest BCUT2D eigenvalue weighted by atomic mass is 9.80. The van der Waals surface area contributed by atoms with Crippen LogP contribution in [0.5, 0.6) is 11.5 Å². The van der Waals surface area contributed by atoms with Gasteiger partial charge in [-0.1, -0.05) is 54.6 Å². The van der Waals surface area contributed by atoms with E-state index in [1.165, 1.54) is 13.3 Å². The molecule has 1 aliphatic heterocycles. The summed E-state index contributed by atoms with van der Waals surface area (Å²) in [5.74, 6) is 1.06. The Bertz CT molecular complexity index is 1810. The number of hydrogen-bond donors (Lipinski definition) is 1. The van der Waals surface area contributed by atoms with Crippen molar-refractivity contribution in [2.24, 2.45) is 0 Å². The number of ketones is 1. The molecule has 1 fully saturated rings. The number of rotatable bonds is 13. The molecule has 0 amide bonds. The van der Waals surface area contributed by atoms with Gasteiger partial charge in [0.05, 0.1) is 33.6 Å². The Morgan fingerprint density at radius 2 is 1.50 bits per heavy atom. The van der Waals surface area contributed by atoms with E-state index in [1.807, 2.05) is 78.9 Å². The minimum Gasteiger partial charge on any atom is -0.497 e. The van der Waals surface area contributed by atoms with Gasteiger partial charge in [-0.05, 0) is 47.9 Å². The predicted molar refractivity (Wildman–Crippen MR) is 176 cm³/mol. The third-order valence-electron chi connectivity index (χ3n) is 8.48. The number of carbonyl (C=O) groups excluding carboxylic acids is 2. The zero-order chi connectivity index (χ0) is 33.7. The van der Waals surface area contributed by atoms with Crippen molar-refractivity contribution in [1.29, 1.82) is 0 Å². The van der Waals surface area contributed by atoms with E-state index in [0.717, 1.165) is 16.7 Å². The summed E-state index contributed by atoms with van der Waals surface area (Å²) in [7, 11) is 3.24. The maximum absolute atomic E-state index is 12.9. The quantitative estimate of drug-likeness (QED) is 0.135. The van der Waals surface area contributed by atoms with Gasteiger partial charge in [-0.15, -0.1) is 0 Å². The average molecular weight is 652 g/mol. The van der Waals surface area contributed by atoms with Crippen LogP contribution >= 0.6 is 0 Å². The number of carbonyl (C=O) groups is 2. The molecular formula is C36H37N5O7. The molecule has 0 radical (unpaired) electrons. The maximum atomic E-state index is 12.9. The Morgan fingerprint density at radius 1 is 0.875 bits per heavy atom. The molecule has 1 aliphatic rings. The molecule has 1 saturated heterocycles. The van der Waals surface area contributed by atoms with Crippen LogP contribution in [-0.2, 0) is 29.4 Å². The number of aromatic nitrogens is 4. The van der Waals surface area contributed by atoms with Crippen molar-refractivity contribution in [2.45, 2.75) is 50.2 Å². The molecule has 5 aromatic rings. The summed E-state index contributed by atoms with van der Waals surface area (Å²) in [6, 6.07) is 25.3. The van der Waals surface area contributed by atoms with Crippen molar-refractivity contribution in [2.75, 3.05) is 26.6 Å². The van der Waals surface area contributed by atoms with E-state index >= 15 is 0 Å². The summed E-state index contributed by atoms with van der Waals surface area (Å²) < 4.78 is 32.3. The van der Waals surface area contributed by atoms with Crippen LogP contribution in [0.15, 0.2) is 91.5 Å². The first kappa shape index (κ1) is 32.6. The SMILES string of the molecule is COc1ccc(C(OC[C@H]2O[C@@H](n3cnc4c(N)ncnc43)CC2OC(=O)CCC(C)=O)(c2ccccc2)c2ccc(OC)cc2)cc1. The van der Waals surface area contributed by atoms with Gasteiger partial charge in [0.2, 0.25) is 0 Å². The van der Waals surface area contributed by atoms with Gasteiger partial charge < -0.3 is 34.2 Å². The third-order valence-corrected chi connectivity index (χ3v) is 8.48. The van der Waals surface area contributed by atoms with Crippen LogP contribution in [0, 0.1) is 0 Å². The highest BCUT2D eigenvalue weighted by Crippen LogP contribution is 2.43. The molecule has 3 aromatic carbocycles. The highest BCUT2D eigenvalue weighted by Gasteiger charge is 2.44. The van der Waals surface area contributed by atoms with Crippen LogP contribution in [0.4, 0.5) is 5.82 Å². The van der Waals surface area contributed by atoms with E-state index < -0.39 is 30.0 Å². The van der Waals surface area contributed by atoms with Gasteiger partial charge in [0.15, 0.2) is 11.5 Å². The Morgan fingerprint density at radius 3 is 2.10 bits per heavy atom. The molecular weight excluding hydrogens is 614 g/mol. The lowest BCUT2D eigenvalue weighted by Crippen LogP contribution is -2.39. The molecule has 248 valence electrons. The van der Waals surface area contributed by atoms with Crippen molar-refractivity contribution >= 4 is 28.7 Å². The van der Waals surface area contributed by atoms with Crippen LogP contribution in [0.1, 0.15) is 49.1 Å². The first-order chi connectivity index (χ1) is 23.3. The lowest BCUT2D eigenvalue weighted by Gasteiger charge is -2.37. The summed E-state index contributed by atoms with van der Waals surface area (Å²) in [5, 5.41) is 0. The molecule has 0 bridgehead atoms. The van der Waals surface area contributed by atoms with Crippen molar-refractivity contribution in [1.82, 2.24) is 19.5 Å². The van der Waals surface area contributed by atoms with E-state index in [4.69, 9.17) is 29.4 Å². The van der Waals surface area contributed by atoms with E-state index in [2.05, 4.69) is 15.0 Å². The lowest BCUT2D eigenvalue weighted by molar-refractivity contribution is -0.156. The number of anilines is 1. The molecule has 12 nitrogen and oxygen atoms in total. The Labute approximate surface area is 277 Å². The van der Waals surface area contributed by atoms with Crippen molar-refractivity contribution in [3.05, 3.63) is 108 Å². The fourth-order valence-corrected chi connectivity index (χ4v) is 6.01. The molecule has 0 aliphatic carbocycles. The zero-order valence-electron chi connectivity index (χ0n) is 26.9. The van der Waals surface area contributed by atoms with Gasteiger partial charge in [-0.25, -0.2) is 15.0 Å². The zero-order valence-corrected chi connectivity index (χ0v) is 26.9. The van der Waals surface area contributed by atoms with Gasteiger partial charge in [-0.2, -0.15) is 0 Å². The van der Waals surface area contributed by atoms with Gasteiger partial charge in [-0.3, -0.25) is 9.36 Å². The average Bonchev–Trinajstić information content (AvgIpc) is 3.73. The Hall–Kier alpha value is -5.33. The van der Waals surface area contributed by atoms with Gasteiger partial charge >= 0.3 is 5.97 Å². The fourth-order valence-electron chi connectivity index (χ4n) is 6.01. The van der Waals surface area contributed by atoms with Crippen molar-refractivity contribution in [3.63, 3.8) is 0 Å². The molecule has 3 atom stereocenters. The summed E-state index contributed by atoms with van der Waals surface area (Å²) in [5.41, 5.74) is 8.42. The van der Waals surface area contributed by atoms with Gasteiger partial charge in [0.25, 0.3) is 0 Å². The number of imidazole rings is 1. The second-order valence-corrected chi connectivity index (χ2v) is 11.5. The van der Waals surface area contributed by atoms with Crippen LogP contribution in [-0.4, -0.2) is 64.3 Å². The molecule has 2 aromatic heterocycles. The van der Waals surface area contributed by atoms with E-state index in [9.17, 15) is 9.59 Å². The second kappa shape index (κ2) is 14.2. The normalized spacial score (nSPS) is 17.7. The van der Waals surface area contributed by atoms with Crippen LogP contribution in [0.2, 0.25) is 0 Å². The first-order valence-electron chi connectivity index (χ1n) is 15.6. The third kappa shape index (κ3) is 6.57. The fraction of sp³-hybridized carbons (Fsp3) is 0.306. The van der Waals surface area contributed by atoms with Gasteiger partial charge in [0, 0.05) is 12.8 Å². The molecule has 12 heteroatoms. The molecule has 0 saturated carbocycles. The predicted octanol–water partition coefficient (Wildman–Crippen LogP) is 5.00. The van der Waals surface area contributed by atoms with Crippen LogP contribution in [0.25, 0.3) is 11.2 Å². The standard InChI is InChI=1S/C36H37N5O7/c1-23(42)9-18-32(43)48-29-19-31(41-22-40-33-34(37)38-21-39-35(33)41)47-30(29)20-46-36(24-7-5-4-6-8-24,25-10-14-27(44-2)15-11-25)26-12-16-28(45-3)17-13-26/h4-8,10-17,21-22,29-31H,9,18-20H2,1-3H3,(H2,37,38,39)/t29?,30-,31-/m1/s1. The summed E-state index contributed by atoms with van der Waals surface area (Å²) in [4.78, 5) is 37.3. The second-order valence-electron chi connectivity index (χ2n) is 11.5. The van der Waals surface area contributed by atoms with Crippen LogP contribution < -0.4 is 15.2 Å². The number of nitrogens with two attached hydrogens (primary N) is 1. The largest absolute Gasteiger partial charge is 0.497 e.